The van der Waals surface area contributed by atoms with Gasteiger partial charge in [-0.25, -0.2) is 8.42 Å². The summed E-state index contributed by atoms with van der Waals surface area (Å²) in [5, 5.41) is 3.11. The number of halogens is 2. The van der Waals surface area contributed by atoms with E-state index in [1.165, 1.54) is 14.0 Å². The van der Waals surface area contributed by atoms with Crippen LogP contribution in [0.15, 0.2) is 42.5 Å². The Bertz CT molecular complexity index is 881. The molecule has 1 amide bonds. The van der Waals surface area contributed by atoms with E-state index in [0.29, 0.717) is 11.4 Å². The Kier molecular flexibility index (Phi) is 6.39. The van der Waals surface area contributed by atoms with Crippen LogP contribution in [0, 0.1) is 0 Å². The van der Waals surface area contributed by atoms with Crippen LogP contribution >= 0.6 is 23.2 Å². The lowest BCUT2D eigenvalue weighted by Gasteiger charge is -2.28. The summed E-state index contributed by atoms with van der Waals surface area (Å²) in [7, 11) is -2.22. The normalized spacial score (nSPS) is 12.3. The first kappa shape index (κ1) is 20.4. The first-order valence-corrected chi connectivity index (χ1v) is 10.1. The minimum Gasteiger partial charge on any atom is -0.497 e. The van der Waals surface area contributed by atoms with Crippen molar-refractivity contribution in [1.29, 1.82) is 0 Å². The molecule has 6 nitrogen and oxygen atoms in total. The molecule has 0 saturated heterocycles. The van der Waals surface area contributed by atoms with Gasteiger partial charge >= 0.3 is 0 Å². The van der Waals surface area contributed by atoms with Crippen molar-refractivity contribution in [3.05, 3.63) is 52.5 Å². The van der Waals surface area contributed by atoms with Gasteiger partial charge in [0.2, 0.25) is 15.9 Å². The molecule has 0 aliphatic rings. The van der Waals surface area contributed by atoms with E-state index in [2.05, 4.69) is 5.32 Å². The van der Waals surface area contributed by atoms with E-state index >= 15 is 0 Å². The highest BCUT2D eigenvalue weighted by Crippen LogP contribution is 2.31. The summed E-state index contributed by atoms with van der Waals surface area (Å²) < 4.78 is 30.7. The van der Waals surface area contributed by atoms with Crippen LogP contribution in [-0.2, 0) is 14.8 Å². The fourth-order valence-electron chi connectivity index (χ4n) is 2.38. The van der Waals surface area contributed by atoms with Gasteiger partial charge < -0.3 is 10.1 Å². The smallest absolute Gasteiger partial charge is 0.248 e. The molecule has 2 aromatic carbocycles. The number of sulfonamides is 1. The van der Waals surface area contributed by atoms with Gasteiger partial charge in [0.05, 0.1) is 34.8 Å². The van der Waals surface area contributed by atoms with E-state index in [9.17, 15) is 13.2 Å². The van der Waals surface area contributed by atoms with Gasteiger partial charge in [-0.1, -0.05) is 29.3 Å². The number of nitrogens with one attached hydrogen (secondary N) is 1. The van der Waals surface area contributed by atoms with E-state index in [1.54, 1.807) is 42.5 Å². The molecule has 26 heavy (non-hydrogen) atoms. The average Bonchev–Trinajstić information content (AvgIpc) is 2.57. The zero-order valence-corrected chi connectivity index (χ0v) is 16.7. The second-order valence-corrected chi connectivity index (χ2v) is 8.19. The molecule has 0 saturated carbocycles. The quantitative estimate of drug-likeness (QED) is 0.776. The standard InChI is InChI=1S/C17H18Cl2N2O4S/c1-11(17(22)20-16-14(18)5-4-6-15(16)19)21(26(3,23)24)12-7-9-13(25-2)10-8-12/h4-11H,1-3H3,(H,20,22)/t11-/m1/s1. The van der Waals surface area contributed by atoms with Crippen molar-refractivity contribution >= 4 is 50.5 Å². The Balaban J connectivity index is 2.34. The number of carbonyl (C=O) groups excluding carboxylic acids is 1. The van der Waals surface area contributed by atoms with Crippen LogP contribution in [0.1, 0.15) is 6.92 Å². The zero-order chi connectivity index (χ0) is 19.5. The summed E-state index contributed by atoms with van der Waals surface area (Å²) in [4.78, 5) is 12.6. The molecule has 2 rings (SSSR count). The molecule has 0 bridgehead atoms. The number of benzene rings is 2. The molecule has 0 aromatic heterocycles. The van der Waals surface area contributed by atoms with Crippen molar-refractivity contribution in [2.45, 2.75) is 13.0 Å². The highest BCUT2D eigenvalue weighted by Gasteiger charge is 2.29. The highest BCUT2D eigenvalue weighted by molar-refractivity contribution is 7.92. The predicted octanol–water partition coefficient (Wildman–Crippen LogP) is 3.80. The molecular formula is C17H18Cl2N2O4S. The third kappa shape index (κ3) is 4.60. The van der Waals surface area contributed by atoms with Gasteiger partial charge in [0.1, 0.15) is 11.8 Å². The Hall–Kier alpha value is -1.96. The van der Waals surface area contributed by atoms with E-state index < -0.39 is 22.0 Å². The molecule has 140 valence electrons. The first-order chi connectivity index (χ1) is 12.1. The average molecular weight is 417 g/mol. The van der Waals surface area contributed by atoms with Crippen LogP contribution in [0.3, 0.4) is 0 Å². The third-order valence-electron chi connectivity index (χ3n) is 3.63. The number of hydrogen-bond acceptors (Lipinski definition) is 4. The van der Waals surface area contributed by atoms with Gasteiger partial charge in [0, 0.05) is 0 Å². The topological polar surface area (TPSA) is 75.7 Å². The molecule has 0 radical (unpaired) electrons. The van der Waals surface area contributed by atoms with E-state index in [4.69, 9.17) is 27.9 Å². The Morgan fingerprint density at radius 1 is 1.12 bits per heavy atom. The zero-order valence-electron chi connectivity index (χ0n) is 14.4. The maximum atomic E-state index is 12.6. The largest absolute Gasteiger partial charge is 0.497 e. The molecule has 1 atom stereocenters. The van der Waals surface area contributed by atoms with Crippen molar-refractivity contribution in [3.8, 4) is 5.75 Å². The number of nitrogens with zero attached hydrogens (tertiary/aromatic N) is 1. The van der Waals surface area contributed by atoms with Gasteiger partial charge in [-0.3, -0.25) is 9.10 Å². The lowest BCUT2D eigenvalue weighted by Crippen LogP contribution is -2.45. The Labute approximate surface area is 162 Å². The predicted molar refractivity (Wildman–Crippen MR) is 105 cm³/mol. The second-order valence-electron chi connectivity index (χ2n) is 5.52. The van der Waals surface area contributed by atoms with Crippen molar-refractivity contribution in [2.24, 2.45) is 0 Å². The lowest BCUT2D eigenvalue weighted by atomic mass is 10.2. The molecular weight excluding hydrogens is 399 g/mol. The van der Waals surface area contributed by atoms with E-state index in [-0.39, 0.29) is 15.7 Å². The SMILES string of the molecule is COc1ccc(N([C@H](C)C(=O)Nc2c(Cl)cccc2Cl)S(C)(=O)=O)cc1. The minimum absolute atomic E-state index is 0.232. The van der Waals surface area contributed by atoms with Crippen LogP contribution in [-0.4, -0.2) is 33.7 Å². The summed E-state index contributed by atoms with van der Waals surface area (Å²) in [5.41, 5.74) is 0.567. The van der Waals surface area contributed by atoms with Crippen molar-refractivity contribution < 1.29 is 17.9 Å². The van der Waals surface area contributed by atoms with Crippen LogP contribution in [0.25, 0.3) is 0 Å². The number of methoxy groups -OCH3 is 1. The number of amides is 1. The molecule has 0 aliphatic carbocycles. The maximum absolute atomic E-state index is 12.6. The number of ether oxygens (including phenoxy) is 1. The van der Waals surface area contributed by atoms with Crippen LogP contribution in [0.4, 0.5) is 11.4 Å². The molecule has 1 N–H and O–H groups in total. The minimum atomic E-state index is -3.73. The summed E-state index contributed by atoms with van der Waals surface area (Å²) >= 11 is 12.1. The van der Waals surface area contributed by atoms with Crippen LogP contribution in [0.2, 0.25) is 10.0 Å². The van der Waals surface area contributed by atoms with Crippen molar-refractivity contribution in [2.75, 3.05) is 23.0 Å². The number of hydrogen-bond donors (Lipinski definition) is 1. The second kappa shape index (κ2) is 8.16. The van der Waals surface area contributed by atoms with Gasteiger partial charge in [0.25, 0.3) is 0 Å². The molecule has 2 aromatic rings. The Morgan fingerprint density at radius 3 is 2.12 bits per heavy atom. The molecule has 0 spiro atoms. The molecule has 0 fully saturated rings. The van der Waals surface area contributed by atoms with Crippen molar-refractivity contribution in [1.82, 2.24) is 0 Å². The fourth-order valence-corrected chi connectivity index (χ4v) is 4.05. The van der Waals surface area contributed by atoms with Gasteiger partial charge in [0.15, 0.2) is 0 Å². The highest BCUT2D eigenvalue weighted by atomic mass is 35.5. The van der Waals surface area contributed by atoms with Gasteiger partial charge in [-0.2, -0.15) is 0 Å². The number of para-hydroxylation sites is 1. The lowest BCUT2D eigenvalue weighted by molar-refractivity contribution is -0.116. The number of anilines is 2. The molecule has 0 aliphatic heterocycles. The summed E-state index contributed by atoms with van der Waals surface area (Å²) in [6.45, 7) is 1.48. The molecule has 9 heteroatoms. The summed E-state index contributed by atoms with van der Waals surface area (Å²) in [6, 6.07) is 10.1. The summed E-state index contributed by atoms with van der Waals surface area (Å²) in [5.74, 6) is 0.00315. The van der Waals surface area contributed by atoms with Gasteiger partial charge in [-0.05, 0) is 43.3 Å². The fraction of sp³-hybridized carbons (Fsp3) is 0.235. The van der Waals surface area contributed by atoms with Crippen molar-refractivity contribution in [3.63, 3.8) is 0 Å². The van der Waals surface area contributed by atoms with E-state index in [0.717, 1.165) is 10.6 Å². The summed E-state index contributed by atoms with van der Waals surface area (Å²) in [6.07, 6.45) is 1.03. The third-order valence-corrected chi connectivity index (χ3v) is 5.50. The number of carbonyl (C=O) groups is 1. The Morgan fingerprint density at radius 2 is 1.65 bits per heavy atom. The van der Waals surface area contributed by atoms with E-state index in [1.807, 2.05) is 0 Å². The van der Waals surface area contributed by atoms with Gasteiger partial charge in [-0.15, -0.1) is 0 Å². The monoisotopic (exact) mass is 416 g/mol. The first-order valence-electron chi connectivity index (χ1n) is 7.53. The number of rotatable bonds is 6. The van der Waals surface area contributed by atoms with Crippen LogP contribution in [0.5, 0.6) is 5.75 Å². The molecule has 0 unspecified atom stereocenters. The molecule has 0 heterocycles. The van der Waals surface area contributed by atoms with Crippen LogP contribution < -0.4 is 14.4 Å². The maximum Gasteiger partial charge on any atom is 0.248 e.